The minimum absolute atomic E-state index is 0.0436. The Morgan fingerprint density at radius 1 is 1.25 bits per heavy atom. The Hall–Kier alpha value is -2.89. The van der Waals surface area contributed by atoms with Crippen LogP contribution in [-0.4, -0.2) is 28.8 Å². The molecule has 2 aromatic carbocycles. The number of rotatable bonds is 6. The molecule has 24 heavy (non-hydrogen) atoms. The minimum Gasteiger partial charge on any atom is -0.507 e. The second-order valence-corrected chi connectivity index (χ2v) is 5.65. The molecule has 0 aliphatic heterocycles. The van der Waals surface area contributed by atoms with Crippen molar-refractivity contribution in [3.63, 3.8) is 0 Å². The number of non-ortho nitro benzene ring substituents is 1. The molecule has 2 rings (SSSR count). The van der Waals surface area contributed by atoms with E-state index in [1.165, 1.54) is 24.4 Å². The van der Waals surface area contributed by atoms with E-state index in [1.54, 1.807) is 0 Å². The van der Waals surface area contributed by atoms with Gasteiger partial charge >= 0.3 is 0 Å². The summed E-state index contributed by atoms with van der Waals surface area (Å²) >= 11 is 0. The normalized spacial score (nSPS) is 11.2. The first kappa shape index (κ1) is 17.5. The number of hydrogen-bond acceptors (Lipinski definition) is 5. The predicted octanol–water partition coefficient (Wildman–Crippen LogP) is 4.29. The van der Waals surface area contributed by atoms with Gasteiger partial charge in [0.25, 0.3) is 5.69 Å². The summed E-state index contributed by atoms with van der Waals surface area (Å²) in [6.45, 7) is 7.31. The molecule has 0 spiro atoms. The molecule has 0 amide bonds. The fourth-order valence-electron chi connectivity index (χ4n) is 2.48. The van der Waals surface area contributed by atoms with E-state index >= 15 is 0 Å². The first-order valence-electron chi connectivity index (χ1n) is 7.80. The van der Waals surface area contributed by atoms with E-state index in [4.69, 9.17) is 0 Å². The number of benzene rings is 2. The number of anilines is 1. The molecule has 6 heteroatoms. The molecule has 0 aromatic heterocycles. The highest BCUT2D eigenvalue weighted by atomic mass is 16.6. The van der Waals surface area contributed by atoms with Crippen LogP contribution in [0.1, 0.15) is 26.3 Å². The zero-order valence-corrected chi connectivity index (χ0v) is 14.0. The van der Waals surface area contributed by atoms with Crippen molar-refractivity contribution in [2.24, 2.45) is 4.99 Å². The number of phenols is 1. The van der Waals surface area contributed by atoms with Crippen LogP contribution in [0.15, 0.2) is 47.5 Å². The molecule has 0 heterocycles. The largest absolute Gasteiger partial charge is 0.507 e. The van der Waals surface area contributed by atoms with Crippen molar-refractivity contribution in [3.8, 4) is 5.75 Å². The topological polar surface area (TPSA) is 79.0 Å². The van der Waals surface area contributed by atoms with Gasteiger partial charge in [-0.1, -0.05) is 0 Å². The van der Waals surface area contributed by atoms with Crippen LogP contribution in [0, 0.1) is 10.1 Å². The number of aromatic hydroxyl groups is 1. The highest BCUT2D eigenvalue weighted by Gasteiger charge is 2.09. The molecule has 6 nitrogen and oxygen atoms in total. The third-order valence-electron chi connectivity index (χ3n) is 3.72. The maximum Gasteiger partial charge on any atom is 0.270 e. The Labute approximate surface area is 141 Å². The molecular weight excluding hydrogens is 306 g/mol. The van der Waals surface area contributed by atoms with Gasteiger partial charge in [0.05, 0.1) is 10.6 Å². The Bertz CT molecular complexity index is 740. The summed E-state index contributed by atoms with van der Waals surface area (Å²) in [7, 11) is 0. The van der Waals surface area contributed by atoms with E-state index in [-0.39, 0.29) is 11.4 Å². The molecular formula is C18H21N3O3. The van der Waals surface area contributed by atoms with Gasteiger partial charge in [-0.25, -0.2) is 0 Å². The minimum atomic E-state index is -0.503. The fourth-order valence-corrected chi connectivity index (χ4v) is 2.48. The van der Waals surface area contributed by atoms with Gasteiger partial charge in [-0.05, 0) is 51.1 Å². The molecule has 0 atom stereocenters. The molecule has 0 aliphatic rings. The molecule has 0 unspecified atom stereocenters. The van der Waals surface area contributed by atoms with Crippen LogP contribution in [0.3, 0.4) is 0 Å². The van der Waals surface area contributed by atoms with Crippen molar-refractivity contribution in [2.75, 3.05) is 11.4 Å². The van der Waals surface area contributed by atoms with Crippen LogP contribution >= 0.6 is 0 Å². The molecule has 126 valence electrons. The van der Waals surface area contributed by atoms with Crippen LogP contribution in [0.5, 0.6) is 5.75 Å². The van der Waals surface area contributed by atoms with Crippen molar-refractivity contribution >= 4 is 23.3 Å². The van der Waals surface area contributed by atoms with E-state index < -0.39 is 4.92 Å². The fraction of sp³-hybridized carbons (Fsp3) is 0.278. The summed E-state index contributed by atoms with van der Waals surface area (Å²) in [5.74, 6) is -0.0436. The van der Waals surface area contributed by atoms with Gasteiger partial charge in [-0.3, -0.25) is 15.1 Å². The van der Waals surface area contributed by atoms with Crippen molar-refractivity contribution in [1.82, 2.24) is 0 Å². The van der Waals surface area contributed by atoms with E-state index in [2.05, 4.69) is 30.7 Å². The average Bonchev–Trinajstić information content (AvgIpc) is 2.55. The Kier molecular flexibility index (Phi) is 5.52. The lowest BCUT2D eigenvalue weighted by Crippen LogP contribution is -2.30. The maximum absolute atomic E-state index is 10.8. The lowest BCUT2D eigenvalue weighted by Gasteiger charge is -2.27. The van der Waals surface area contributed by atoms with Crippen LogP contribution in [0.4, 0.5) is 17.1 Å². The summed E-state index contributed by atoms with van der Waals surface area (Å²) < 4.78 is 0. The van der Waals surface area contributed by atoms with Crippen LogP contribution < -0.4 is 4.90 Å². The van der Waals surface area contributed by atoms with Crippen LogP contribution in [0.25, 0.3) is 0 Å². The van der Waals surface area contributed by atoms with E-state index in [0.29, 0.717) is 17.3 Å². The first-order valence-corrected chi connectivity index (χ1v) is 7.80. The first-order chi connectivity index (χ1) is 11.4. The lowest BCUT2D eigenvalue weighted by atomic mass is 10.2. The second kappa shape index (κ2) is 7.59. The van der Waals surface area contributed by atoms with Gasteiger partial charge in [0, 0.05) is 42.2 Å². The standard InChI is InChI=1S/C18H21N3O3/c1-4-20(13(2)3)16-7-5-15(6-8-16)19-12-14-11-17(21(23)24)9-10-18(14)22/h5-13,22H,4H2,1-3H3. The van der Waals surface area contributed by atoms with Gasteiger partial charge in [0.1, 0.15) is 5.75 Å². The van der Waals surface area contributed by atoms with Gasteiger partial charge in [-0.2, -0.15) is 0 Å². The molecule has 2 aromatic rings. The Balaban J connectivity index is 2.21. The van der Waals surface area contributed by atoms with Crippen molar-refractivity contribution < 1.29 is 10.0 Å². The smallest absolute Gasteiger partial charge is 0.270 e. The summed E-state index contributed by atoms with van der Waals surface area (Å²) in [5, 5.41) is 20.6. The van der Waals surface area contributed by atoms with Gasteiger partial charge in [0.15, 0.2) is 0 Å². The lowest BCUT2D eigenvalue weighted by molar-refractivity contribution is -0.384. The predicted molar refractivity (Wildman–Crippen MR) is 96.6 cm³/mol. The van der Waals surface area contributed by atoms with Gasteiger partial charge in [0.2, 0.25) is 0 Å². The Morgan fingerprint density at radius 3 is 2.46 bits per heavy atom. The number of hydrogen-bond donors (Lipinski definition) is 1. The average molecular weight is 327 g/mol. The summed E-state index contributed by atoms with van der Waals surface area (Å²) in [5.41, 5.74) is 2.06. The molecule has 0 radical (unpaired) electrons. The highest BCUT2D eigenvalue weighted by Crippen LogP contribution is 2.24. The zero-order chi connectivity index (χ0) is 17.7. The molecule has 0 saturated carbocycles. The number of nitro groups is 1. The second-order valence-electron chi connectivity index (χ2n) is 5.65. The van der Waals surface area contributed by atoms with Crippen molar-refractivity contribution in [1.29, 1.82) is 0 Å². The van der Waals surface area contributed by atoms with Crippen LogP contribution in [0.2, 0.25) is 0 Å². The van der Waals surface area contributed by atoms with Crippen molar-refractivity contribution in [3.05, 3.63) is 58.1 Å². The quantitative estimate of drug-likeness (QED) is 0.488. The molecule has 0 fully saturated rings. The van der Waals surface area contributed by atoms with E-state index in [1.807, 2.05) is 24.3 Å². The van der Waals surface area contributed by atoms with Gasteiger partial charge in [-0.15, -0.1) is 0 Å². The summed E-state index contributed by atoms with van der Waals surface area (Å²) in [6, 6.07) is 12.0. The maximum atomic E-state index is 10.8. The highest BCUT2D eigenvalue weighted by molar-refractivity contribution is 5.86. The number of nitrogens with zero attached hydrogens (tertiary/aromatic N) is 3. The number of phenolic OH excluding ortho intramolecular Hbond substituents is 1. The van der Waals surface area contributed by atoms with E-state index in [0.717, 1.165) is 12.2 Å². The third kappa shape index (κ3) is 4.10. The summed E-state index contributed by atoms with van der Waals surface area (Å²) in [6.07, 6.45) is 1.43. The molecule has 0 saturated heterocycles. The molecule has 1 N–H and O–H groups in total. The monoisotopic (exact) mass is 327 g/mol. The summed E-state index contributed by atoms with van der Waals surface area (Å²) in [4.78, 5) is 16.8. The molecule has 0 bridgehead atoms. The van der Waals surface area contributed by atoms with Crippen LogP contribution in [-0.2, 0) is 0 Å². The SMILES string of the molecule is CCN(c1ccc(N=Cc2cc([N+](=O)[O-])ccc2O)cc1)C(C)C. The zero-order valence-electron chi connectivity index (χ0n) is 14.0. The Morgan fingerprint density at radius 2 is 1.92 bits per heavy atom. The molecule has 0 aliphatic carbocycles. The number of aliphatic imine (C=N–C) groups is 1. The number of nitro benzene ring substituents is 1. The van der Waals surface area contributed by atoms with E-state index in [9.17, 15) is 15.2 Å². The van der Waals surface area contributed by atoms with Crippen molar-refractivity contribution in [2.45, 2.75) is 26.8 Å². The van der Waals surface area contributed by atoms with Gasteiger partial charge < -0.3 is 10.0 Å². The third-order valence-corrected chi connectivity index (χ3v) is 3.72.